The Morgan fingerprint density at radius 2 is 1.76 bits per heavy atom. The van der Waals surface area contributed by atoms with Gasteiger partial charge in [0, 0.05) is 26.1 Å². The molecule has 0 rings (SSSR count). The molecule has 0 aromatic rings. The molecule has 0 heterocycles. The number of carbonyl (C=O) groups excluding carboxylic acids is 1. The average Bonchev–Trinajstić information content (AvgIpc) is 2.41. The predicted molar refractivity (Wildman–Crippen MR) is 84.4 cm³/mol. The van der Waals surface area contributed by atoms with Crippen molar-refractivity contribution < 1.29 is 14.7 Å². The summed E-state index contributed by atoms with van der Waals surface area (Å²) in [7, 11) is 2.01. The predicted octanol–water partition coefficient (Wildman–Crippen LogP) is 1.76. The molecule has 3 N–H and O–H groups in total. The zero-order valence-electron chi connectivity index (χ0n) is 13.8. The van der Waals surface area contributed by atoms with Crippen molar-refractivity contribution in [1.82, 2.24) is 15.5 Å². The molecule has 124 valence electrons. The first kappa shape index (κ1) is 19.7. The summed E-state index contributed by atoms with van der Waals surface area (Å²) in [4.78, 5) is 24.3. The van der Waals surface area contributed by atoms with E-state index in [1.807, 2.05) is 7.05 Å². The number of nitrogens with one attached hydrogen (secondary N) is 2. The number of hydrogen-bond donors (Lipinski definition) is 3. The first-order chi connectivity index (χ1) is 9.86. The molecule has 0 saturated heterocycles. The minimum atomic E-state index is -0.758. The zero-order chi connectivity index (χ0) is 16.3. The summed E-state index contributed by atoms with van der Waals surface area (Å²) in [5, 5.41) is 14.4. The Morgan fingerprint density at radius 1 is 1.14 bits per heavy atom. The average molecular weight is 301 g/mol. The second kappa shape index (κ2) is 11.4. The van der Waals surface area contributed by atoms with Gasteiger partial charge in [0.15, 0.2) is 0 Å². The van der Waals surface area contributed by atoms with Gasteiger partial charge < -0.3 is 20.6 Å². The largest absolute Gasteiger partial charge is 0.481 e. The second-order valence-electron chi connectivity index (χ2n) is 5.80. The molecule has 0 fully saturated rings. The van der Waals surface area contributed by atoms with Crippen LogP contribution >= 0.6 is 0 Å². The maximum Gasteiger partial charge on any atom is 0.314 e. The number of hydrogen-bond acceptors (Lipinski definition) is 3. The van der Waals surface area contributed by atoms with Gasteiger partial charge >= 0.3 is 12.0 Å². The Bertz CT molecular complexity index is 309. The summed E-state index contributed by atoms with van der Waals surface area (Å²) in [6, 6.07) is -0.153. The van der Waals surface area contributed by atoms with Crippen molar-refractivity contribution in [2.24, 2.45) is 11.8 Å². The van der Waals surface area contributed by atoms with E-state index in [1.165, 1.54) is 0 Å². The number of likely N-dealkylation sites (N-methyl/N-ethyl adjacent to an activating group) is 1. The van der Waals surface area contributed by atoms with Crippen LogP contribution in [-0.2, 0) is 4.79 Å². The van der Waals surface area contributed by atoms with Crippen molar-refractivity contribution in [3.63, 3.8) is 0 Å². The fraction of sp³-hybridized carbons (Fsp3) is 0.867. The summed E-state index contributed by atoms with van der Waals surface area (Å²) in [6.07, 6.45) is 1.67. The molecule has 0 saturated carbocycles. The molecular formula is C15H31N3O3. The second-order valence-corrected chi connectivity index (χ2v) is 5.80. The SMILES string of the molecule is CCN(C)CCNC(=O)NCCC(CCC(=O)O)C(C)C. The fourth-order valence-corrected chi connectivity index (χ4v) is 2.07. The van der Waals surface area contributed by atoms with E-state index in [0.29, 0.717) is 31.3 Å². The van der Waals surface area contributed by atoms with Crippen LogP contribution in [0.2, 0.25) is 0 Å². The van der Waals surface area contributed by atoms with Crippen molar-refractivity contribution in [3.05, 3.63) is 0 Å². The van der Waals surface area contributed by atoms with Crippen LogP contribution < -0.4 is 10.6 Å². The number of amides is 2. The molecule has 6 heteroatoms. The van der Waals surface area contributed by atoms with Gasteiger partial charge in [-0.1, -0.05) is 20.8 Å². The van der Waals surface area contributed by atoms with Crippen molar-refractivity contribution in [3.8, 4) is 0 Å². The highest BCUT2D eigenvalue weighted by molar-refractivity contribution is 5.73. The van der Waals surface area contributed by atoms with E-state index in [1.54, 1.807) is 0 Å². The Labute approximate surface area is 128 Å². The number of carbonyl (C=O) groups is 2. The monoisotopic (exact) mass is 301 g/mol. The van der Waals surface area contributed by atoms with Gasteiger partial charge in [-0.2, -0.15) is 0 Å². The number of urea groups is 1. The molecule has 0 radical (unpaired) electrons. The molecule has 0 aromatic heterocycles. The first-order valence-corrected chi connectivity index (χ1v) is 7.78. The van der Waals surface area contributed by atoms with E-state index >= 15 is 0 Å². The highest BCUT2D eigenvalue weighted by Gasteiger charge is 2.15. The maximum absolute atomic E-state index is 11.6. The maximum atomic E-state index is 11.6. The molecule has 0 aromatic carbocycles. The number of rotatable bonds is 11. The summed E-state index contributed by atoms with van der Waals surface area (Å²) in [5.74, 6) is -0.00793. The van der Waals surface area contributed by atoms with Gasteiger partial charge in [-0.05, 0) is 38.3 Å². The number of carboxylic acids is 1. The van der Waals surface area contributed by atoms with Crippen LogP contribution in [0.5, 0.6) is 0 Å². The van der Waals surface area contributed by atoms with Crippen molar-refractivity contribution >= 4 is 12.0 Å². The first-order valence-electron chi connectivity index (χ1n) is 7.78. The lowest BCUT2D eigenvalue weighted by Gasteiger charge is -2.20. The quantitative estimate of drug-likeness (QED) is 0.543. The van der Waals surface area contributed by atoms with Crippen LogP contribution in [0.15, 0.2) is 0 Å². The van der Waals surface area contributed by atoms with Gasteiger partial charge in [0.1, 0.15) is 0 Å². The van der Waals surface area contributed by atoms with E-state index in [4.69, 9.17) is 5.11 Å². The topological polar surface area (TPSA) is 81.7 Å². The number of nitrogens with zero attached hydrogens (tertiary/aromatic N) is 1. The Kier molecular flexibility index (Phi) is 10.7. The summed E-state index contributed by atoms with van der Waals surface area (Å²) in [5.41, 5.74) is 0. The molecule has 0 spiro atoms. The standard InChI is InChI=1S/C15H31N3O3/c1-5-18(4)11-10-17-15(21)16-9-8-13(12(2)3)6-7-14(19)20/h12-13H,5-11H2,1-4H3,(H,19,20)(H2,16,17,21). The third-order valence-electron chi connectivity index (χ3n) is 3.79. The smallest absolute Gasteiger partial charge is 0.314 e. The van der Waals surface area contributed by atoms with Gasteiger partial charge in [-0.15, -0.1) is 0 Å². The van der Waals surface area contributed by atoms with E-state index in [9.17, 15) is 9.59 Å². The van der Waals surface area contributed by atoms with Crippen molar-refractivity contribution in [1.29, 1.82) is 0 Å². The minimum Gasteiger partial charge on any atom is -0.481 e. The highest BCUT2D eigenvalue weighted by atomic mass is 16.4. The van der Waals surface area contributed by atoms with Crippen LogP contribution in [0.3, 0.4) is 0 Å². The van der Waals surface area contributed by atoms with Crippen LogP contribution in [0.4, 0.5) is 4.79 Å². The molecule has 0 aliphatic carbocycles. The normalized spacial score (nSPS) is 12.5. The van der Waals surface area contributed by atoms with Crippen molar-refractivity contribution in [2.45, 2.75) is 40.0 Å². The van der Waals surface area contributed by atoms with Crippen LogP contribution in [0, 0.1) is 11.8 Å². The summed E-state index contributed by atoms with van der Waals surface area (Å²) in [6.45, 7) is 9.25. The molecule has 0 bridgehead atoms. The molecule has 0 aliphatic rings. The van der Waals surface area contributed by atoms with Gasteiger partial charge in [0.05, 0.1) is 0 Å². The van der Waals surface area contributed by atoms with Crippen LogP contribution in [0.25, 0.3) is 0 Å². The van der Waals surface area contributed by atoms with E-state index < -0.39 is 5.97 Å². The molecule has 0 aliphatic heterocycles. The molecular weight excluding hydrogens is 270 g/mol. The number of carboxylic acid groups (broad SMARTS) is 1. The van der Waals surface area contributed by atoms with Crippen LogP contribution in [0.1, 0.15) is 40.0 Å². The lowest BCUT2D eigenvalue weighted by atomic mass is 9.88. The van der Waals surface area contributed by atoms with Crippen LogP contribution in [-0.4, -0.2) is 55.2 Å². The third kappa shape index (κ3) is 11.1. The molecule has 6 nitrogen and oxygen atoms in total. The van der Waals surface area contributed by atoms with Gasteiger partial charge in [-0.25, -0.2) is 4.79 Å². The van der Waals surface area contributed by atoms with Gasteiger partial charge in [-0.3, -0.25) is 4.79 Å². The van der Waals surface area contributed by atoms with E-state index in [2.05, 4.69) is 36.3 Å². The lowest BCUT2D eigenvalue weighted by molar-refractivity contribution is -0.137. The molecule has 21 heavy (non-hydrogen) atoms. The van der Waals surface area contributed by atoms with E-state index in [0.717, 1.165) is 19.5 Å². The molecule has 1 atom stereocenters. The minimum absolute atomic E-state index is 0.153. The zero-order valence-corrected chi connectivity index (χ0v) is 13.8. The summed E-state index contributed by atoms with van der Waals surface area (Å²) >= 11 is 0. The van der Waals surface area contributed by atoms with Crippen molar-refractivity contribution in [2.75, 3.05) is 33.2 Å². The van der Waals surface area contributed by atoms with Gasteiger partial charge in [0.2, 0.25) is 0 Å². The third-order valence-corrected chi connectivity index (χ3v) is 3.79. The Hall–Kier alpha value is -1.30. The fourth-order valence-electron chi connectivity index (χ4n) is 2.07. The lowest BCUT2D eigenvalue weighted by Crippen LogP contribution is -2.40. The summed E-state index contributed by atoms with van der Waals surface area (Å²) < 4.78 is 0. The highest BCUT2D eigenvalue weighted by Crippen LogP contribution is 2.20. The Morgan fingerprint density at radius 3 is 2.29 bits per heavy atom. The number of aliphatic carboxylic acids is 1. The molecule has 2 amide bonds. The molecule has 1 unspecified atom stereocenters. The Balaban J connectivity index is 3.82. The van der Waals surface area contributed by atoms with Gasteiger partial charge in [0.25, 0.3) is 0 Å². The van der Waals surface area contributed by atoms with E-state index in [-0.39, 0.29) is 12.5 Å².